The molecule has 0 aliphatic heterocycles. The molecular weight excluding hydrogens is 454 g/mol. The molecule has 1 rings (SSSR count). The SMILES string of the molecule is CCOC(=O)CCNC(=O)C(c1cccc(O)c1)N(CC)C(=O)C(NC(=O)OC(C)(C)C)C(C)C. The topological polar surface area (TPSA) is 134 Å². The summed E-state index contributed by atoms with van der Waals surface area (Å²) in [5.41, 5.74) is -0.365. The number of amides is 3. The fourth-order valence-electron chi connectivity index (χ4n) is 3.38. The average Bonchev–Trinajstić information content (AvgIpc) is 2.73. The van der Waals surface area contributed by atoms with Crippen LogP contribution in [0.3, 0.4) is 0 Å². The van der Waals surface area contributed by atoms with Crippen LogP contribution in [0.4, 0.5) is 4.79 Å². The van der Waals surface area contributed by atoms with E-state index in [0.29, 0.717) is 5.56 Å². The van der Waals surface area contributed by atoms with Gasteiger partial charge in [-0.2, -0.15) is 0 Å². The lowest BCUT2D eigenvalue weighted by atomic mass is 9.98. The number of rotatable bonds is 11. The van der Waals surface area contributed by atoms with Crippen molar-refractivity contribution in [2.45, 2.75) is 72.6 Å². The molecule has 1 aromatic rings. The summed E-state index contributed by atoms with van der Waals surface area (Å²) in [6.07, 6.45) is -0.769. The van der Waals surface area contributed by atoms with Crippen LogP contribution >= 0.6 is 0 Å². The maximum atomic E-state index is 13.6. The van der Waals surface area contributed by atoms with Gasteiger partial charge in [0.15, 0.2) is 0 Å². The van der Waals surface area contributed by atoms with Crippen molar-refractivity contribution < 1.29 is 33.8 Å². The van der Waals surface area contributed by atoms with Gasteiger partial charge in [-0.05, 0) is 58.2 Å². The molecule has 2 atom stereocenters. The normalized spacial score (nSPS) is 12.9. The Kier molecular flexibility index (Phi) is 11.5. The third-order valence-electron chi connectivity index (χ3n) is 4.91. The van der Waals surface area contributed by atoms with Gasteiger partial charge < -0.3 is 30.1 Å². The molecule has 0 aliphatic carbocycles. The third kappa shape index (κ3) is 9.84. The number of phenols is 1. The van der Waals surface area contributed by atoms with E-state index in [4.69, 9.17) is 9.47 Å². The van der Waals surface area contributed by atoms with Gasteiger partial charge in [-0.25, -0.2) is 4.79 Å². The van der Waals surface area contributed by atoms with E-state index in [1.54, 1.807) is 60.6 Å². The maximum Gasteiger partial charge on any atom is 0.408 e. The van der Waals surface area contributed by atoms with Crippen molar-refractivity contribution in [3.63, 3.8) is 0 Å². The molecule has 0 heterocycles. The van der Waals surface area contributed by atoms with E-state index in [0.717, 1.165) is 0 Å². The van der Waals surface area contributed by atoms with Gasteiger partial charge >= 0.3 is 12.1 Å². The second-order valence-corrected chi connectivity index (χ2v) is 9.34. The number of nitrogens with one attached hydrogen (secondary N) is 2. The molecule has 0 radical (unpaired) electrons. The van der Waals surface area contributed by atoms with E-state index < -0.39 is 41.6 Å². The summed E-state index contributed by atoms with van der Waals surface area (Å²) >= 11 is 0. The summed E-state index contributed by atoms with van der Waals surface area (Å²) in [5, 5.41) is 15.3. The second-order valence-electron chi connectivity index (χ2n) is 9.34. The van der Waals surface area contributed by atoms with E-state index in [2.05, 4.69) is 10.6 Å². The van der Waals surface area contributed by atoms with Crippen molar-refractivity contribution in [2.24, 2.45) is 5.92 Å². The van der Waals surface area contributed by atoms with Crippen LogP contribution in [0, 0.1) is 5.92 Å². The number of carbonyl (C=O) groups is 4. The molecule has 0 saturated carbocycles. The van der Waals surface area contributed by atoms with Crippen molar-refractivity contribution in [1.82, 2.24) is 15.5 Å². The summed E-state index contributed by atoms with van der Waals surface area (Å²) in [5.74, 6) is -1.84. The van der Waals surface area contributed by atoms with Gasteiger partial charge in [0.1, 0.15) is 23.4 Å². The first-order valence-electron chi connectivity index (χ1n) is 11.8. The van der Waals surface area contributed by atoms with Crippen LogP contribution < -0.4 is 10.6 Å². The number of phenolic OH excluding ortho intramolecular Hbond substituents is 1. The Bertz CT molecular complexity index is 880. The van der Waals surface area contributed by atoms with Gasteiger partial charge in [0.25, 0.3) is 0 Å². The molecule has 3 N–H and O–H groups in total. The molecule has 0 bridgehead atoms. The first-order valence-corrected chi connectivity index (χ1v) is 11.8. The molecular formula is C25H39N3O7. The number of benzene rings is 1. The van der Waals surface area contributed by atoms with E-state index in [1.165, 1.54) is 17.0 Å². The fourth-order valence-corrected chi connectivity index (χ4v) is 3.38. The number of carbonyl (C=O) groups excluding carboxylic acids is 4. The highest BCUT2D eigenvalue weighted by molar-refractivity contribution is 5.92. The summed E-state index contributed by atoms with van der Waals surface area (Å²) in [4.78, 5) is 52.3. The van der Waals surface area contributed by atoms with E-state index >= 15 is 0 Å². The van der Waals surface area contributed by atoms with Crippen LogP contribution in [0.15, 0.2) is 24.3 Å². The quantitative estimate of drug-likeness (QED) is 0.404. The number of alkyl carbamates (subject to hydrolysis) is 1. The molecule has 196 valence electrons. The molecule has 35 heavy (non-hydrogen) atoms. The first-order chi connectivity index (χ1) is 16.3. The molecule has 0 fully saturated rings. The Morgan fingerprint density at radius 2 is 1.77 bits per heavy atom. The van der Waals surface area contributed by atoms with Crippen molar-refractivity contribution in [3.05, 3.63) is 29.8 Å². The second kappa shape index (κ2) is 13.6. The Labute approximate surface area is 207 Å². The average molecular weight is 494 g/mol. The van der Waals surface area contributed by atoms with Crippen molar-refractivity contribution >= 4 is 23.9 Å². The van der Waals surface area contributed by atoms with Gasteiger partial charge in [0, 0.05) is 13.1 Å². The summed E-state index contributed by atoms with van der Waals surface area (Å²) in [6, 6.07) is 3.98. The number of aromatic hydroxyl groups is 1. The summed E-state index contributed by atoms with van der Waals surface area (Å²) < 4.78 is 10.2. The number of hydrogen-bond donors (Lipinski definition) is 3. The minimum absolute atomic E-state index is 0.0164. The fraction of sp³-hybridized carbons (Fsp3) is 0.600. The minimum Gasteiger partial charge on any atom is -0.508 e. The molecule has 2 unspecified atom stereocenters. The highest BCUT2D eigenvalue weighted by Gasteiger charge is 2.36. The summed E-state index contributed by atoms with van der Waals surface area (Å²) in [7, 11) is 0. The van der Waals surface area contributed by atoms with Crippen LogP contribution in [0.2, 0.25) is 0 Å². The monoisotopic (exact) mass is 493 g/mol. The zero-order valence-corrected chi connectivity index (χ0v) is 21.7. The standard InChI is InChI=1S/C25H39N3O7/c1-8-28(23(32)20(16(3)4)27-24(33)35-25(5,6)7)21(17-11-10-12-18(29)15-17)22(31)26-14-13-19(30)34-9-2/h10-12,15-16,20-21,29H,8-9,13-14H2,1-7H3,(H,26,31)(H,27,33). The zero-order valence-electron chi connectivity index (χ0n) is 21.7. The lowest BCUT2D eigenvalue weighted by Crippen LogP contribution is -2.54. The van der Waals surface area contributed by atoms with E-state index in [9.17, 15) is 24.3 Å². The number of esters is 1. The smallest absolute Gasteiger partial charge is 0.408 e. The van der Waals surface area contributed by atoms with Crippen LogP contribution in [-0.4, -0.2) is 65.2 Å². The van der Waals surface area contributed by atoms with Crippen molar-refractivity contribution in [3.8, 4) is 5.75 Å². The van der Waals surface area contributed by atoms with E-state index in [-0.39, 0.29) is 37.8 Å². The molecule has 0 aliphatic rings. The first kappa shape index (κ1) is 29.7. The largest absolute Gasteiger partial charge is 0.508 e. The van der Waals surface area contributed by atoms with Gasteiger partial charge in [0.05, 0.1) is 13.0 Å². The lowest BCUT2D eigenvalue weighted by molar-refractivity contribution is -0.144. The lowest BCUT2D eigenvalue weighted by Gasteiger charge is -2.35. The Morgan fingerprint density at radius 3 is 2.29 bits per heavy atom. The van der Waals surface area contributed by atoms with Crippen LogP contribution in [0.5, 0.6) is 5.75 Å². The summed E-state index contributed by atoms with van der Waals surface area (Å²) in [6.45, 7) is 12.5. The molecule has 3 amide bonds. The van der Waals surface area contributed by atoms with Gasteiger partial charge in [-0.3, -0.25) is 14.4 Å². The number of hydrogen-bond acceptors (Lipinski definition) is 7. The minimum atomic E-state index is -1.11. The molecule has 0 spiro atoms. The molecule has 10 nitrogen and oxygen atoms in total. The molecule has 1 aromatic carbocycles. The van der Waals surface area contributed by atoms with Crippen LogP contribution in [0.1, 0.15) is 66.5 Å². The zero-order chi connectivity index (χ0) is 26.8. The molecule has 10 heteroatoms. The van der Waals surface area contributed by atoms with Gasteiger partial charge in [0.2, 0.25) is 11.8 Å². The Morgan fingerprint density at radius 1 is 1.11 bits per heavy atom. The molecule has 0 saturated heterocycles. The van der Waals surface area contributed by atoms with Crippen LogP contribution in [0.25, 0.3) is 0 Å². The van der Waals surface area contributed by atoms with Crippen molar-refractivity contribution in [1.29, 1.82) is 0 Å². The Balaban J connectivity index is 3.23. The predicted octanol–water partition coefficient (Wildman–Crippen LogP) is 2.90. The van der Waals surface area contributed by atoms with Crippen LogP contribution in [-0.2, 0) is 23.9 Å². The Hall–Kier alpha value is -3.30. The predicted molar refractivity (Wildman–Crippen MR) is 130 cm³/mol. The highest BCUT2D eigenvalue weighted by Crippen LogP contribution is 2.26. The van der Waals surface area contributed by atoms with Gasteiger partial charge in [-0.1, -0.05) is 26.0 Å². The van der Waals surface area contributed by atoms with Gasteiger partial charge in [-0.15, -0.1) is 0 Å². The number of likely N-dealkylation sites (N-methyl/N-ethyl adjacent to an activating group) is 1. The maximum absolute atomic E-state index is 13.6. The number of nitrogens with zero attached hydrogens (tertiary/aromatic N) is 1. The third-order valence-corrected chi connectivity index (χ3v) is 4.91. The number of ether oxygens (including phenoxy) is 2. The highest BCUT2D eigenvalue weighted by atomic mass is 16.6. The van der Waals surface area contributed by atoms with Crippen molar-refractivity contribution in [2.75, 3.05) is 19.7 Å². The van der Waals surface area contributed by atoms with E-state index in [1.807, 2.05) is 0 Å². The molecule has 0 aromatic heterocycles.